The van der Waals surface area contributed by atoms with Crippen LogP contribution in [-0.4, -0.2) is 102 Å². The number of rotatable bonds is 21. The molecule has 6 aromatic rings. The summed E-state index contributed by atoms with van der Waals surface area (Å²) in [6.07, 6.45) is -9.55. The molecule has 3 heterocycles. The molecule has 0 unspecified atom stereocenters. The van der Waals surface area contributed by atoms with Crippen molar-refractivity contribution in [3.05, 3.63) is 209 Å². The summed E-state index contributed by atoms with van der Waals surface area (Å²) in [6, 6.07) is 53.0. The monoisotopic (exact) mass is 1010 g/mol. The van der Waals surface area contributed by atoms with E-state index in [1.807, 2.05) is 152 Å². The lowest BCUT2D eigenvalue weighted by molar-refractivity contribution is -0.347. The number of esters is 2. The van der Waals surface area contributed by atoms with E-state index in [2.05, 4.69) is 0 Å². The van der Waals surface area contributed by atoms with Gasteiger partial charge in [0.15, 0.2) is 18.5 Å². The minimum Gasteiger partial charge on any atom is -0.457 e. The maximum absolute atomic E-state index is 14.6. The normalized spacial score (nSPS) is 24.7. The van der Waals surface area contributed by atoms with Crippen molar-refractivity contribution < 1.29 is 61.8 Å². The molecule has 73 heavy (non-hydrogen) atoms. The highest BCUT2D eigenvalue weighted by Gasteiger charge is 2.59. The molecular formula is C58H57NO13S. The van der Waals surface area contributed by atoms with E-state index in [1.165, 1.54) is 25.6 Å². The minimum atomic E-state index is -1.49. The highest BCUT2D eigenvalue weighted by molar-refractivity contribution is 7.99. The van der Waals surface area contributed by atoms with E-state index < -0.39 is 84.2 Å². The summed E-state index contributed by atoms with van der Waals surface area (Å²) in [4.78, 5) is 58.0. The average Bonchev–Trinajstić information content (AvgIpc) is 3.65. The van der Waals surface area contributed by atoms with E-state index in [-0.39, 0.29) is 50.8 Å². The molecule has 14 nitrogen and oxygen atoms in total. The zero-order valence-electron chi connectivity index (χ0n) is 40.4. The van der Waals surface area contributed by atoms with Crippen molar-refractivity contribution in [2.75, 3.05) is 13.2 Å². The Morgan fingerprint density at radius 3 is 1.37 bits per heavy atom. The summed E-state index contributed by atoms with van der Waals surface area (Å²) in [6.45, 7) is 2.99. The Morgan fingerprint density at radius 2 is 0.890 bits per heavy atom. The van der Waals surface area contributed by atoms with Crippen molar-refractivity contribution in [2.45, 2.75) is 106 Å². The summed E-state index contributed by atoms with van der Waals surface area (Å²) in [7, 11) is 0. The van der Waals surface area contributed by atoms with Gasteiger partial charge in [0.2, 0.25) is 0 Å². The maximum atomic E-state index is 14.6. The van der Waals surface area contributed by atoms with Crippen LogP contribution in [0, 0.1) is 0 Å². The molecule has 9 rings (SSSR count). The van der Waals surface area contributed by atoms with Crippen LogP contribution in [0.5, 0.6) is 0 Å². The minimum absolute atomic E-state index is 0.0300. The first-order valence-corrected chi connectivity index (χ1v) is 25.1. The van der Waals surface area contributed by atoms with Crippen LogP contribution in [0.1, 0.15) is 56.8 Å². The van der Waals surface area contributed by atoms with Crippen LogP contribution in [0.3, 0.4) is 0 Å². The molecule has 0 bridgehead atoms. The second-order valence-electron chi connectivity index (χ2n) is 17.8. The molecule has 0 N–H and O–H groups in total. The van der Waals surface area contributed by atoms with Gasteiger partial charge >= 0.3 is 11.9 Å². The van der Waals surface area contributed by atoms with Crippen molar-refractivity contribution >= 4 is 35.5 Å². The molecule has 0 aromatic heterocycles. The molecular weight excluding hydrogens is 951 g/mol. The molecule has 2 fully saturated rings. The fourth-order valence-electron chi connectivity index (χ4n) is 9.25. The average molecular weight is 1010 g/mol. The second kappa shape index (κ2) is 24.9. The van der Waals surface area contributed by atoms with Crippen molar-refractivity contribution in [1.82, 2.24) is 4.90 Å². The number of hydrogen-bond donors (Lipinski definition) is 0. The molecule has 2 saturated heterocycles. The van der Waals surface area contributed by atoms with Crippen molar-refractivity contribution in [3.8, 4) is 0 Å². The topological polar surface area (TPSA) is 155 Å². The van der Waals surface area contributed by atoms with Gasteiger partial charge < -0.3 is 42.6 Å². The Bertz CT molecular complexity index is 2700. The van der Waals surface area contributed by atoms with Crippen molar-refractivity contribution in [1.29, 1.82) is 0 Å². The quantitative estimate of drug-likeness (QED) is 0.0499. The SMILES string of the molecule is CC(=O)O[C@H]1[C@H](O[C@H]2[C@H](OC(C)=O)[C@@H](N3C(=O)c4ccccc4C3=O)[C@H](Sc3ccccc3)O[C@@H]2COCc2ccccc2)O[C@H](COCc2ccccc2)[C@H](OCc2ccccc2)[C@@H]1OCc1ccccc1. The van der Waals surface area contributed by atoms with Gasteiger partial charge in [0, 0.05) is 18.7 Å². The lowest BCUT2D eigenvalue weighted by Crippen LogP contribution is -2.68. The van der Waals surface area contributed by atoms with E-state index in [0.29, 0.717) is 0 Å². The highest BCUT2D eigenvalue weighted by atomic mass is 32.2. The zero-order valence-corrected chi connectivity index (χ0v) is 41.2. The van der Waals surface area contributed by atoms with E-state index in [1.54, 1.807) is 24.3 Å². The van der Waals surface area contributed by atoms with Crippen LogP contribution in [-0.2, 0) is 78.6 Å². The number of ether oxygens (including phenoxy) is 9. The molecule has 15 heteroatoms. The van der Waals surface area contributed by atoms with E-state index in [0.717, 1.165) is 32.0 Å². The lowest BCUT2D eigenvalue weighted by atomic mass is 9.94. The van der Waals surface area contributed by atoms with Gasteiger partial charge in [-0.2, -0.15) is 0 Å². The summed E-state index contributed by atoms with van der Waals surface area (Å²) in [5.74, 6) is -2.59. The number of thioether (sulfide) groups is 1. The number of hydrogen-bond acceptors (Lipinski definition) is 14. The first-order chi connectivity index (χ1) is 35.7. The fourth-order valence-corrected chi connectivity index (χ4v) is 10.4. The third-order valence-corrected chi connectivity index (χ3v) is 13.7. The smallest absolute Gasteiger partial charge is 0.303 e. The Kier molecular flexibility index (Phi) is 17.5. The van der Waals surface area contributed by atoms with Gasteiger partial charge in [0.05, 0.1) is 50.8 Å². The molecule has 378 valence electrons. The van der Waals surface area contributed by atoms with Crippen LogP contribution in [0.2, 0.25) is 0 Å². The summed E-state index contributed by atoms with van der Waals surface area (Å²) < 4.78 is 60.1. The molecule has 0 spiro atoms. The van der Waals surface area contributed by atoms with Gasteiger partial charge in [-0.3, -0.25) is 24.1 Å². The fraction of sp³-hybridized carbons (Fsp3) is 0.310. The summed E-state index contributed by atoms with van der Waals surface area (Å²) in [5, 5.41) is 0. The van der Waals surface area contributed by atoms with Crippen LogP contribution in [0.15, 0.2) is 181 Å². The zero-order chi connectivity index (χ0) is 50.5. The molecule has 2 amide bonds. The Hall–Kier alpha value is -6.53. The van der Waals surface area contributed by atoms with Gasteiger partial charge in [0.25, 0.3) is 11.8 Å². The van der Waals surface area contributed by atoms with Crippen molar-refractivity contribution in [2.24, 2.45) is 0 Å². The number of nitrogens with zero attached hydrogens (tertiary/aromatic N) is 1. The van der Waals surface area contributed by atoms with E-state index in [4.69, 9.17) is 42.6 Å². The van der Waals surface area contributed by atoms with Crippen LogP contribution in [0.4, 0.5) is 0 Å². The molecule has 0 aliphatic carbocycles. The standard InChI is InChI=1S/C58H57NO13S/c1-38(60)68-52-49(59-55(62)45-30-18-19-31-46(45)56(59)63)58(73-44-28-16-7-17-29-44)71-48(37-65-33-41-22-10-4-11-23-41)51(52)72-57-54(69-39(2)61)53(67-35-43-26-14-6-15-27-43)50(66-34-42-24-12-5-13-25-42)47(70-57)36-64-32-40-20-8-3-9-21-40/h3-31,47-54,57-58H,32-37H2,1-2H3/t47-,48-,49-,50+,51-,52-,53+,54-,57+,58+/m1/s1. The Balaban J connectivity index is 1.13. The van der Waals surface area contributed by atoms with Gasteiger partial charge in [0.1, 0.15) is 42.0 Å². The van der Waals surface area contributed by atoms with Gasteiger partial charge in [-0.1, -0.05) is 163 Å². The summed E-state index contributed by atoms with van der Waals surface area (Å²) in [5.41, 5.74) is 2.86. The van der Waals surface area contributed by atoms with Gasteiger partial charge in [-0.15, -0.1) is 0 Å². The van der Waals surface area contributed by atoms with Crippen LogP contribution < -0.4 is 0 Å². The van der Waals surface area contributed by atoms with Crippen LogP contribution in [0.25, 0.3) is 0 Å². The number of carbonyl (C=O) groups excluding carboxylic acids is 4. The first kappa shape index (κ1) is 51.4. The van der Waals surface area contributed by atoms with E-state index >= 15 is 0 Å². The first-order valence-electron chi connectivity index (χ1n) is 24.2. The number of benzene rings is 6. The lowest BCUT2D eigenvalue weighted by Gasteiger charge is -2.50. The van der Waals surface area contributed by atoms with Gasteiger partial charge in [-0.25, -0.2) is 0 Å². The van der Waals surface area contributed by atoms with Crippen LogP contribution >= 0.6 is 11.8 Å². The Morgan fingerprint density at radius 1 is 0.479 bits per heavy atom. The van der Waals surface area contributed by atoms with Gasteiger partial charge in [-0.05, 0) is 46.5 Å². The predicted molar refractivity (Wildman–Crippen MR) is 269 cm³/mol. The van der Waals surface area contributed by atoms with Crippen molar-refractivity contribution in [3.63, 3.8) is 0 Å². The Labute approximate surface area is 428 Å². The molecule has 10 atom stereocenters. The van der Waals surface area contributed by atoms with E-state index in [9.17, 15) is 19.2 Å². The maximum Gasteiger partial charge on any atom is 0.303 e. The highest BCUT2D eigenvalue weighted by Crippen LogP contribution is 2.43. The number of amides is 2. The third kappa shape index (κ3) is 13.0. The molecule has 6 aromatic carbocycles. The predicted octanol–water partition coefficient (Wildman–Crippen LogP) is 8.75. The molecule has 0 radical (unpaired) electrons. The molecule has 3 aliphatic heterocycles. The number of carbonyl (C=O) groups is 4. The summed E-state index contributed by atoms with van der Waals surface area (Å²) >= 11 is 1.26. The second-order valence-corrected chi connectivity index (χ2v) is 19.0. The molecule has 3 aliphatic rings. The molecule has 0 saturated carbocycles. The largest absolute Gasteiger partial charge is 0.457 e. The third-order valence-electron chi connectivity index (χ3n) is 12.6. The number of imide groups is 1. The number of fused-ring (bicyclic) bond motifs is 1.